The van der Waals surface area contributed by atoms with Crippen molar-refractivity contribution in [2.24, 2.45) is 17.8 Å². The number of amides is 1. The predicted octanol–water partition coefficient (Wildman–Crippen LogP) is 2.91. The molecule has 2 rings (SSSR count). The zero-order valence-electron chi connectivity index (χ0n) is 12.7. The van der Waals surface area contributed by atoms with E-state index < -0.39 is 11.9 Å². The summed E-state index contributed by atoms with van der Waals surface area (Å²) in [5.41, 5.74) is 0. The van der Waals surface area contributed by atoms with Gasteiger partial charge in [0.2, 0.25) is 5.91 Å². The third kappa shape index (κ3) is 3.33. The van der Waals surface area contributed by atoms with Gasteiger partial charge in [0.25, 0.3) is 0 Å². The SMILES string of the molecule is CC(C)CN(C(=O)C1CCCC1C(=O)O)C1CCCC1. The van der Waals surface area contributed by atoms with Gasteiger partial charge in [0, 0.05) is 12.6 Å². The Morgan fingerprint density at radius 2 is 1.65 bits per heavy atom. The first-order valence-corrected chi connectivity index (χ1v) is 8.04. The minimum atomic E-state index is -0.795. The summed E-state index contributed by atoms with van der Waals surface area (Å²) in [7, 11) is 0. The van der Waals surface area contributed by atoms with Crippen molar-refractivity contribution >= 4 is 11.9 Å². The molecule has 1 amide bonds. The standard InChI is InChI=1S/C16H27NO3/c1-11(2)10-17(12-6-3-4-7-12)15(18)13-8-5-9-14(13)16(19)20/h11-14H,3-10H2,1-2H3,(H,19,20). The summed E-state index contributed by atoms with van der Waals surface area (Å²) >= 11 is 0. The molecule has 4 heteroatoms. The van der Waals surface area contributed by atoms with Crippen molar-refractivity contribution in [1.82, 2.24) is 4.90 Å². The number of carboxylic acid groups (broad SMARTS) is 1. The molecule has 0 saturated heterocycles. The number of hydrogen-bond donors (Lipinski definition) is 1. The van der Waals surface area contributed by atoms with Crippen LogP contribution in [-0.2, 0) is 9.59 Å². The fourth-order valence-electron chi connectivity index (χ4n) is 3.79. The van der Waals surface area contributed by atoms with E-state index in [1.165, 1.54) is 12.8 Å². The van der Waals surface area contributed by atoms with Gasteiger partial charge in [0.05, 0.1) is 11.8 Å². The Bertz CT molecular complexity index is 361. The highest BCUT2D eigenvalue weighted by molar-refractivity contribution is 5.85. The summed E-state index contributed by atoms with van der Waals surface area (Å²) in [6.07, 6.45) is 6.83. The first-order chi connectivity index (χ1) is 9.50. The zero-order chi connectivity index (χ0) is 14.7. The number of carbonyl (C=O) groups excluding carboxylic acids is 1. The molecule has 2 atom stereocenters. The second-order valence-corrected chi connectivity index (χ2v) is 6.80. The van der Waals surface area contributed by atoms with Crippen LogP contribution < -0.4 is 0 Å². The Morgan fingerprint density at radius 1 is 1.05 bits per heavy atom. The Morgan fingerprint density at radius 3 is 2.20 bits per heavy atom. The molecule has 1 N–H and O–H groups in total. The van der Waals surface area contributed by atoms with Crippen LogP contribution in [0.3, 0.4) is 0 Å². The Kier molecular flexibility index (Phi) is 5.06. The minimum Gasteiger partial charge on any atom is -0.481 e. The molecular weight excluding hydrogens is 254 g/mol. The summed E-state index contributed by atoms with van der Waals surface area (Å²) in [4.78, 5) is 26.2. The normalized spacial score (nSPS) is 27.1. The van der Waals surface area contributed by atoms with Gasteiger partial charge in [-0.2, -0.15) is 0 Å². The van der Waals surface area contributed by atoms with E-state index in [0.29, 0.717) is 18.4 Å². The molecule has 0 spiro atoms. The molecule has 0 aliphatic heterocycles. The van der Waals surface area contributed by atoms with Gasteiger partial charge in [0.15, 0.2) is 0 Å². The molecule has 0 radical (unpaired) electrons. The smallest absolute Gasteiger partial charge is 0.307 e. The maximum atomic E-state index is 12.8. The van der Waals surface area contributed by atoms with Crippen LogP contribution in [0.4, 0.5) is 0 Å². The molecule has 20 heavy (non-hydrogen) atoms. The highest BCUT2D eigenvalue weighted by Crippen LogP contribution is 2.35. The van der Waals surface area contributed by atoms with E-state index in [4.69, 9.17) is 0 Å². The van der Waals surface area contributed by atoms with Gasteiger partial charge in [-0.3, -0.25) is 9.59 Å². The van der Waals surface area contributed by atoms with Crippen LogP contribution in [0.2, 0.25) is 0 Å². The van der Waals surface area contributed by atoms with Crippen molar-refractivity contribution in [2.45, 2.75) is 64.8 Å². The quantitative estimate of drug-likeness (QED) is 0.843. The fraction of sp³-hybridized carbons (Fsp3) is 0.875. The van der Waals surface area contributed by atoms with Crippen molar-refractivity contribution in [3.05, 3.63) is 0 Å². The first kappa shape index (κ1) is 15.3. The summed E-state index contributed by atoms with van der Waals surface area (Å²) < 4.78 is 0. The van der Waals surface area contributed by atoms with Gasteiger partial charge in [0.1, 0.15) is 0 Å². The van der Waals surface area contributed by atoms with E-state index in [9.17, 15) is 14.7 Å². The zero-order valence-corrected chi connectivity index (χ0v) is 12.7. The molecule has 114 valence electrons. The van der Waals surface area contributed by atoms with Crippen molar-refractivity contribution < 1.29 is 14.7 Å². The van der Waals surface area contributed by atoms with Crippen LogP contribution in [0.5, 0.6) is 0 Å². The molecular formula is C16H27NO3. The topological polar surface area (TPSA) is 57.6 Å². The van der Waals surface area contributed by atoms with E-state index in [1.54, 1.807) is 0 Å². The number of carbonyl (C=O) groups is 2. The molecule has 0 bridgehead atoms. The summed E-state index contributed by atoms with van der Waals surface area (Å²) in [5.74, 6) is -0.998. The lowest BCUT2D eigenvalue weighted by molar-refractivity contribution is -0.150. The number of hydrogen-bond acceptors (Lipinski definition) is 2. The van der Waals surface area contributed by atoms with Crippen molar-refractivity contribution in [2.75, 3.05) is 6.54 Å². The lowest BCUT2D eigenvalue weighted by Crippen LogP contribution is -2.46. The molecule has 2 aliphatic rings. The highest BCUT2D eigenvalue weighted by atomic mass is 16.4. The largest absolute Gasteiger partial charge is 0.481 e. The van der Waals surface area contributed by atoms with Crippen molar-refractivity contribution in [1.29, 1.82) is 0 Å². The molecule has 2 unspecified atom stereocenters. The summed E-state index contributed by atoms with van der Waals surface area (Å²) in [6, 6.07) is 0.347. The summed E-state index contributed by atoms with van der Waals surface area (Å²) in [5, 5.41) is 9.29. The Balaban J connectivity index is 2.10. The van der Waals surface area contributed by atoms with Gasteiger partial charge in [-0.15, -0.1) is 0 Å². The van der Waals surface area contributed by atoms with Gasteiger partial charge >= 0.3 is 5.97 Å². The fourth-order valence-corrected chi connectivity index (χ4v) is 3.79. The van der Waals surface area contributed by atoms with Gasteiger partial charge in [-0.05, 0) is 31.6 Å². The second-order valence-electron chi connectivity index (χ2n) is 6.80. The van der Waals surface area contributed by atoms with Crippen LogP contribution >= 0.6 is 0 Å². The lowest BCUT2D eigenvalue weighted by atomic mass is 9.93. The minimum absolute atomic E-state index is 0.107. The maximum absolute atomic E-state index is 12.8. The molecule has 2 fully saturated rings. The molecule has 0 aromatic heterocycles. The average molecular weight is 281 g/mol. The van der Waals surface area contributed by atoms with E-state index in [-0.39, 0.29) is 11.8 Å². The maximum Gasteiger partial charge on any atom is 0.307 e. The van der Waals surface area contributed by atoms with E-state index in [2.05, 4.69) is 13.8 Å². The van der Waals surface area contributed by atoms with Crippen molar-refractivity contribution in [3.8, 4) is 0 Å². The van der Waals surface area contributed by atoms with Crippen LogP contribution in [0, 0.1) is 17.8 Å². The third-order valence-corrected chi connectivity index (χ3v) is 4.76. The van der Waals surface area contributed by atoms with E-state index >= 15 is 0 Å². The molecule has 2 saturated carbocycles. The van der Waals surface area contributed by atoms with E-state index in [0.717, 1.165) is 32.2 Å². The number of carboxylic acids is 1. The Hall–Kier alpha value is -1.06. The number of rotatable bonds is 5. The predicted molar refractivity (Wildman–Crippen MR) is 77.3 cm³/mol. The van der Waals surface area contributed by atoms with Gasteiger partial charge < -0.3 is 10.0 Å². The van der Waals surface area contributed by atoms with Crippen molar-refractivity contribution in [3.63, 3.8) is 0 Å². The molecule has 4 nitrogen and oxygen atoms in total. The van der Waals surface area contributed by atoms with Gasteiger partial charge in [-0.1, -0.05) is 33.1 Å². The van der Waals surface area contributed by atoms with E-state index in [1.807, 2.05) is 4.90 Å². The van der Waals surface area contributed by atoms with Crippen LogP contribution in [-0.4, -0.2) is 34.5 Å². The van der Waals surface area contributed by atoms with Crippen LogP contribution in [0.25, 0.3) is 0 Å². The van der Waals surface area contributed by atoms with Gasteiger partial charge in [-0.25, -0.2) is 0 Å². The first-order valence-electron chi connectivity index (χ1n) is 8.04. The third-order valence-electron chi connectivity index (χ3n) is 4.76. The summed E-state index contributed by atoms with van der Waals surface area (Å²) in [6.45, 7) is 5.02. The molecule has 0 heterocycles. The lowest BCUT2D eigenvalue weighted by Gasteiger charge is -2.33. The van der Waals surface area contributed by atoms with Crippen LogP contribution in [0.1, 0.15) is 58.8 Å². The molecule has 0 aromatic carbocycles. The average Bonchev–Trinajstić information content (AvgIpc) is 3.05. The van der Waals surface area contributed by atoms with Crippen LogP contribution in [0.15, 0.2) is 0 Å². The monoisotopic (exact) mass is 281 g/mol. The molecule has 0 aromatic rings. The number of nitrogens with zero attached hydrogens (tertiary/aromatic N) is 1. The highest BCUT2D eigenvalue weighted by Gasteiger charge is 2.41. The number of aliphatic carboxylic acids is 1. The Labute approximate surface area is 121 Å². The molecule has 2 aliphatic carbocycles. The second kappa shape index (κ2) is 6.59.